The standard InChI is InChI=1S/C20H23ClN2O4/c1-25-14-7-4-6-13(10-14)17-8-5-9-23(17)20(24)22-16-12-18(26-2)15(21)11-19(16)27-3/h4,6-7,10-12,17H,5,8-9H2,1-3H3,(H,22,24). The van der Waals surface area contributed by atoms with Crippen molar-refractivity contribution in [1.29, 1.82) is 0 Å². The molecule has 2 amide bonds. The molecule has 1 N–H and O–H groups in total. The van der Waals surface area contributed by atoms with Gasteiger partial charge in [-0.05, 0) is 30.5 Å². The maximum absolute atomic E-state index is 13.0. The molecule has 2 aromatic rings. The smallest absolute Gasteiger partial charge is 0.322 e. The van der Waals surface area contributed by atoms with E-state index < -0.39 is 0 Å². The molecular formula is C20H23ClN2O4. The van der Waals surface area contributed by atoms with E-state index in [9.17, 15) is 4.79 Å². The van der Waals surface area contributed by atoms with Gasteiger partial charge in [-0.25, -0.2) is 4.79 Å². The lowest BCUT2D eigenvalue weighted by molar-refractivity contribution is 0.207. The number of rotatable bonds is 5. The van der Waals surface area contributed by atoms with E-state index in [1.54, 1.807) is 19.2 Å². The van der Waals surface area contributed by atoms with Crippen LogP contribution in [0.15, 0.2) is 36.4 Å². The van der Waals surface area contributed by atoms with Gasteiger partial charge in [-0.3, -0.25) is 0 Å². The quantitative estimate of drug-likeness (QED) is 0.801. The normalized spacial score (nSPS) is 16.1. The van der Waals surface area contributed by atoms with Crippen LogP contribution in [-0.2, 0) is 0 Å². The number of likely N-dealkylation sites (tertiary alicyclic amines) is 1. The number of urea groups is 1. The minimum Gasteiger partial charge on any atom is -0.497 e. The number of hydrogen-bond acceptors (Lipinski definition) is 4. The molecular weight excluding hydrogens is 368 g/mol. The molecule has 1 unspecified atom stereocenters. The average molecular weight is 391 g/mol. The van der Waals surface area contributed by atoms with Crippen molar-refractivity contribution in [2.24, 2.45) is 0 Å². The van der Waals surface area contributed by atoms with Crippen LogP contribution in [0.1, 0.15) is 24.4 Å². The molecule has 2 aromatic carbocycles. The third-order valence-corrected chi connectivity index (χ3v) is 5.00. The van der Waals surface area contributed by atoms with Crippen LogP contribution in [0, 0.1) is 0 Å². The summed E-state index contributed by atoms with van der Waals surface area (Å²) in [6, 6.07) is 10.9. The van der Waals surface area contributed by atoms with E-state index in [2.05, 4.69) is 5.32 Å². The fourth-order valence-corrected chi connectivity index (χ4v) is 3.58. The van der Waals surface area contributed by atoms with E-state index in [-0.39, 0.29) is 12.1 Å². The number of anilines is 1. The molecule has 0 aliphatic carbocycles. The minimum atomic E-state index is -0.192. The zero-order chi connectivity index (χ0) is 19.4. The lowest BCUT2D eigenvalue weighted by atomic mass is 10.0. The summed E-state index contributed by atoms with van der Waals surface area (Å²) in [6.45, 7) is 0.681. The molecule has 1 aliphatic rings. The zero-order valence-electron chi connectivity index (χ0n) is 15.6. The van der Waals surface area contributed by atoms with E-state index in [0.29, 0.717) is 28.8 Å². The second-order valence-corrected chi connectivity index (χ2v) is 6.65. The van der Waals surface area contributed by atoms with Crippen LogP contribution in [0.25, 0.3) is 0 Å². The molecule has 0 aromatic heterocycles. The first-order valence-electron chi connectivity index (χ1n) is 8.70. The van der Waals surface area contributed by atoms with Gasteiger partial charge in [0.05, 0.1) is 38.1 Å². The molecule has 3 rings (SSSR count). The molecule has 7 heteroatoms. The number of amides is 2. The highest BCUT2D eigenvalue weighted by Crippen LogP contribution is 2.38. The van der Waals surface area contributed by atoms with Crippen molar-refractivity contribution in [3.05, 3.63) is 47.0 Å². The molecule has 0 bridgehead atoms. The zero-order valence-corrected chi connectivity index (χ0v) is 16.4. The third-order valence-electron chi connectivity index (χ3n) is 4.71. The van der Waals surface area contributed by atoms with Crippen LogP contribution in [0.4, 0.5) is 10.5 Å². The molecule has 1 atom stereocenters. The van der Waals surface area contributed by atoms with Crippen molar-refractivity contribution in [3.8, 4) is 17.2 Å². The Balaban J connectivity index is 1.83. The van der Waals surface area contributed by atoms with E-state index in [0.717, 1.165) is 24.2 Å². The molecule has 144 valence electrons. The summed E-state index contributed by atoms with van der Waals surface area (Å²) in [4.78, 5) is 14.8. The van der Waals surface area contributed by atoms with Crippen LogP contribution < -0.4 is 19.5 Å². The summed E-state index contributed by atoms with van der Waals surface area (Å²) in [5.74, 6) is 1.73. The summed E-state index contributed by atoms with van der Waals surface area (Å²) < 4.78 is 15.9. The number of nitrogens with one attached hydrogen (secondary N) is 1. The Labute approximate surface area is 164 Å². The van der Waals surface area contributed by atoms with Gasteiger partial charge in [0.2, 0.25) is 0 Å². The average Bonchev–Trinajstić information content (AvgIpc) is 3.19. The van der Waals surface area contributed by atoms with Crippen LogP contribution >= 0.6 is 11.6 Å². The molecule has 6 nitrogen and oxygen atoms in total. The fraction of sp³-hybridized carbons (Fsp3) is 0.350. The van der Waals surface area contributed by atoms with E-state index in [1.807, 2.05) is 29.2 Å². The first-order chi connectivity index (χ1) is 13.1. The van der Waals surface area contributed by atoms with E-state index >= 15 is 0 Å². The summed E-state index contributed by atoms with van der Waals surface area (Å²) in [5, 5.41) is 3.35. The van der Waals surface area contributed by atoms with E-state index in [1.165, 1.54) is 14.2 Å². The molecule has 0 saturated carbocycles. The van der Waals surface area contributed by atoms with Gasteiger partial charge in [0, 0.05) is 18.7 Å². The third kappa shape index (κ3) is 4.06. The second-order valence-electron chi connectivity index (χ2n) is 6.25. The molecule has 0 spiro atoms. The van der Waals surface area contributed by atoms with Crippen molar-refractivity contribution >= 4 is 23.3 Å². The van der Waals surface area contributed by atoms with Gasteiger partial charge >= 0.3 is 6.03 Å². The minimum absolute atomic E-state index is 0.000269. The van der Waals surface area contributed by atoms with Gasteiger partial charge in [0.15, 0.2) is 0 Å². The Kier molecular flexibility index (Phi) is 5.96. The Bertz CT molecular complexity index is 828. The lowest BCUT2D eigenvalue weighted by Crippen LogP contribution is -2.34. The van der Waals surface area contributed by atoms with Gasteiger partial charge in [0.25, 0.3) is 0 Å². The molecule has 1 fully saturated rings. The topological polar surface area (TPSA) is 60.0 Å². The SMILES string of the molecule is COc1cccc(C2CCCN2C(=O)Nc2cc(OC)c(Cl)cc2OC)c1. The van der Waals surface area contributed by atoms with Crippen molar-refractivity contribution in [2.45, 2.75) is 18.9 Å². The maximum Gasteiger partial charge on any atom is 0.322 e. The van der Waals surface area contributed by atoms with Gasteiger partial charge in [-0.2, -0.15) is 0 Å². The summed E-state index contributed by atoms with van der Waals surface area (Å²) >= 11 is 6.14. The number of hydrogen-bond donors (Lipinski definition) is 1. The van der Waals surface area contributed by atoms with Crippen molar-refractivity contribution in [2.75, 3.05) is 33.2 Å². The Hall–Kier alpha value is -2.60. The van der Waals surface area contributed by atoms with Gasteiger partial charge in [0.1, 0.15) is 17.2 Å². The molecule has 1 aliphatic heterocycles. The number of halogens is 1. The highest BCUT2D eigenvalue weighted by atomic mass is 35.5. The summed E-state index contributed by atoms with van der Waals surface area (Å²) in [6.07, 6.45) is 1.85. The summed E-state index contributed by atoms with van der Waals surface area (Å²) in [5.41, 5.74) is 1.57. The van der Waals surface area contributed by atoms with Crippen LogP contribution in [0.2, 0.25) is 5.02 Å². The van der Waals surface area contributed by atoms with E-state index in [4.69, 9.17) is 25.8 Å². The predicted molar refractivity (Wildman–Crippen MR) is 105 cm³/mol. The highest BCUT2D eigenvalue weighted by molar-refractivity contribution is 6.32. The van der Waals surface area contributed by atoms with Crippen molar-refractivity contribution in [3.63, 3.8) is 0 Å². The Morgan fingerprint density at radius 2 is 1.89 bits per heavy atom. The Morgan fingerprint density at radius 3 is 2.59 bits per heavy atom. The predicted octanol–water partition coefficient (Wildman–Crippen LogP) is 4.73. The molecule has 1 heterocycles. The monoisotopic (exact) mass is 390 g/mol. The number of ether oxygens (including phenoxy) is 3. The number of carbonyl (C=O) groups excluding carboxylic acids is 1. The number of carbonyl (C=O) groups is 1. The van der Waals surface area contributed by atoms with Gasteiger partial charge in [-0.1, -0.05) is 23.7 Å². The van der Waals surface area contributed by atoms with Gasteiger partial charge in [-0.15, -0.1) is 0 Å². The summed E-state index contributed by atoms with van der Waals surface area (Å²) in [7, 11) is 4.69. The molecule has 27 heavy (non-hydrogen) atoms. The van der Waals surface area contributed by atoms with Crippen molar-refractivity contribution in [1.82, 2.24) is 4.90 Å². The molecule has 1 saturated heterocycles. The first kappa shape index (κ1) is 19.2. The highest BCUT2D eigenvalue weighted by Gasteiger charge is 2.30. The Morgan fingerprint density at radius 1 is 1.11 bits per heavy atom. The van der Waals surface area contributed by atoms with Crippen LogP contribution in [-0.4, -0.2) is 38.8 Å². The van der Waals surface area contributed by atoms with Crippen molar-refractivity contribution < 1.29 is 19.0 Å². The van der Waals surface area contributed by atoms with Crippen LogP contribution in [0.3, 0.4) is 0 Å². The largest absolute Gasteiger partial charge is 0.497 e. The fourth-order valence-electron chi connectivity index (χ4n) is 3.35. The number of methoxy groups -OCH3 is 3. The van der Waals surface area contributed by atoms with Crippen LogP contribution in [0.5, 0.6) is 17.2 Å². The van der Waals surface area contributed by atoms with Gasteiger partial charge < -0.3 is 24.4 Å². The first-order valence-corrected chi connectivity index (χ1v) is 9.08. The molecule has 0 radical (unpaired) electrons. The number of nitrogens with zero attached hydrogens (tertiary/aromatic N) is 1. The maximum atomic E-state index is 13.0. The lowest BCUT2D eigenvalue weighted by Gasteiger charge is -2.26. The second kappa shape index (κ2) is 8.39. The number of benzene rings is 2.